The van der Waals surface area contributed by atoms with Gasteiger partial charge in [0.15, 0.2) is 5.82 Å². The summed E-state index contributed by atoms with van der Waals surface area (Å²) < 4.78 is 2.14. The molecule has 6 heteroatoms. The Bertz CT molecular complexity index is 831. The van der Waals surface area contributed by atoms with Gasteiger partial charge in [-0.15, -0.1) is 0 Å². The van der Waals surface area contributed by atoms with E-state index in [1.165, 1.54) is 5.56 Å². The van der Waals surface area contributed by atoms with Crippen LogP contribution in [0.25, 0.3) is 11.0 Å². The number of aromatic nitrogens is 3. The van der Waals surface area contributed by atoms with Gasteiger partial charge in [-0.2, -0.15) is 4.98 Å². The number of hydrogen-bond donors (Lipinski definition) is 3. The molecular formula is C20H27N5O. The molecule has 0 spiro atoms. The van der Waals surface area contributed by atoms with E-state index in [2.05, 4.69) is 38.9 Å². The fourth-order valence-electron chi connectivity index (χ4n) is 3.23. The zero-order valence-corrected chi connectivity index (χ0v) is 15.2. The van der Waals surface area contributed by atoms with Crippen molar-refractivity contribution < 1.29 is 5.11 Å². The fourth-order valence-corrected chi connectivity index (χ4v) is 3.23. The second-order valence-electron chi connectivity index (χ2n) is 6.59. The summed E-state index contributed by atoms with van der Waals surface area (Å²) >= 11 is 0. The van der Waals surface area contributed by atoms with Crippen LogP contribution in [-0.2, 0) is 6.54 Å². The molecule has 0 radical (unpaired) electrons. The molecule has 3 aromatic rings. The van der Waals surface area contributed by atoms with Crippen LogP contribution in [0.15, 0.2) is 42.6 Å². The summed E-state index contributed by atoms with van der Waals surface area (Å²) in [4.78, 5) is 8.83. The van der Waals surface area contributed by atoms with Gasteiger partial charge in [0.1, 0.15) is 5.52 Å². The summed E-state index contributed by atoms with van der Waals surface area (Å²) in [6.07, 6.45) is 5.92. The first-order chi connectivity index (χ1) is 12.7. The third kappa shape index (κ3) is 4.32. The van der Waals surface area contributed by atoms with Gasteiger partial charge in [-0.25, -0.2) is 4.98 Å². The Labute approximate surface area is 154 Å². The summed E-state index contributed by atoms with van der Waals surface area (Å²) in [5.74, 6) is 0.999. The standard InChI is InChI=1S/C20H27N5O/c1-2-3-9-16(11-13-26)22-19-18-17(23-20(21)24-19)10-12-25(18)14-15-7-5-4-6-8-15/h4-8,10,12,16,26H,2-3,9,11,13-14H2,1H3,(H3,21,22,23,24)/t16-/m0/s1. The minimum Gasteiger partial charge on any atom is -0.396 e. The van der Waals surface area contributed by atoms with Gasteiger partial charge < -0.3 is 20.7 Å². The number of rotatable bonds is 9. The van der Waals surface area contributed by atoms with Crippen molar-refractivity contribution in [1.82, 2.24) is 14.5 Å². The molecule has 4 N–H and O–H groups in total. The van der Waals surface area contributed by atoms with Crippen LogP contribution in [0.4, 0.5) is 11.8 Å². The Morgan fingerprint density at radius 1 is 1.15 bits per heavy atom. The molecule has 0 amide bonds. The Kier molecular flexibility index (Phi) is 6.07. The number of nitrogen functional groups attached to an aromatic ring is 1. The lowest BCUT2D eigenvalue weighted by Gasteiger charge is -2.19. The van der Waals surface area contributed by atoms with Crippen LogP contribution < -0.4 is 11.1 Å². The molecule has 26 heavy (non-hydrogen) atoms. The molecule has 3 rings (SSSR count). The largest absolute Gasteiger partial charge is 0.396 e. The molecule has 6 nitrogen and oxygen atoms in total. The quantitative estimate of drug-likeness (QED) is 0.548. The van der Waals surface area contributed by atoms with E-state index in [1.807, 2.05) is 30.5 Å². The van der Waals surface area contributed by atoms with E-state index in [9.17, 15) is 5.11 Å². The van der Waals surface area contributed by atoms with Gasteiger partial charge in [0.25, 0.3) is 0 Å². The number of aliphatic hydroxyl groups excluding tert-OH is 1. The number of nitrogens with one attached hydrogen (secondary N) is 1. The molecule has 0 saturated carbocycles. The van der Waals surface area contributed by atoms with E-state index in [-0.39, 0.29) is 18.6 Å². The molecule has 1 atom stereocenters. The highest BCUT2D eigenvalue weighted by Gasteiger charge is 2.15. The molecule has 0 aliphatic heterocycles. The third-order valence-electron chi connectivity index (χ3n) is 4.55. The normalized spacial score (nSPS) is 12.4. The van der Waals surface area contributed by atoms with Gasteiger partial charge in [-0.05, 0) is 24.5 Å². The van der Waals surface area contributed by atoms with Gasteiger partial charge >= 0.3 is 0 Å². The van der Waals surface area contributed by atoms with E-state index in [1.54, 1.807) is 0 Å². The van der Waals surface area contributed by atoms with Crippen molar-refractivity contribution in [3.63, 3.8) is 0 Å². The number of unbranched alkanes of at least 4 members (excludes halogenated alkanes) is 1. The highest BCUT2D eigenvalue weighted by Crippen LogP contribution is 2.25. The maximum atomic E-state index is 9.39. The van der Waals surface area contributed by atoms with Crippen molar-refractivity contribution in [3.05, 3.63) is 48.2 Å². The van der Waals surface area contributed by atoms with E-state index in [0.29, 0.717) is 6.42 Å². The van der Waals surface area contributed by atoms with Crippen molar-refractivity contribution in [2.45, 2.75) is 45.2 Å². The van der Waals surface area contributed by atoms with Gasteiger partial charge in [0.2, 0.25) is 5.95 Å². The average Bonchev–Trinajstić information content (AvgIpc) is 3.03. The van der Waals surface area contributed by atoms with Crippen molar-refractivity contribution >= 4 is 22.8 Å². The minimum absolute atomic E-state index is 0.149. The highest BCUT2D eigenvalue weighted by molar-refractivity contribution is 5.87. The maximum absolute atomic E-state index is 9.39. The molecule has 0 fully saturated rings. The van der Waals surface area contributed by atoms with Crippen LogP contribution in [0.2, 0.25) is 0 Å². The zero-order chi connectivity index (χ0) is 18.4. The van der Waals surface area contributed by atoms with E-state index < -0.39 is 0 Å². The topological polar surface area (TPSA) is 89.0 Å². The number of benzene rings is 1. The van der Waals surface area contributed by atoms with Crippen molar-refractivity contribution in [2.24, 2.45) is 0 Å². The zero-order valence-electron chi connectivity index (χ0n) is 15.2. The van der Waals surface area contributed by atoms with Gasteiger partial charge in [0, 0.05) is 25.4 Å². The minimum atomic E-state index is 0.149. The Morgan fingerprint density at radius 2 is 1.96 bits per heavy atom. The fraction of sp³-hybridized carbons (Fsp3) is 0.400. The molecule has 0 unspecified atom stereocenters. The molecule has 1 aromatic carbocycles. The summed E-state index contributed by atoms with van der Waals surface area (Å²) in [6, 6.07) is 12.4. The van der Waals surface area contributed by atoms with Crippen LogP contribution in [0.1, 0.15) is 38.2 Å². The molecule has 0 aliphatic carbocycles. The summed E-state index contributed by atoms with van der Waals surface area (Å²) in [6.45, 7) is 3.06. The van der Waals surface area contributed by atoms with Gasteiger partial charge in [-0.1, -0.05) is 50.1 Å². The number of aliphatic hydroxyl groups is 1. The van der Waals surface area contributed by atoms with Crippen LogP contribution >= 0.6 is 0 Å². The lowest BCUT2D eigenvalue weighted by molar-refractivity contribution is 0.276. The first-order valence-corrected chi connectivity index (χ1v) is 9.25. The molecule has 138 valence electrons. The highest BCUT2D eigenvalue weighted by atomic mass is 16.3. The second-order valence-corrected chi connectivity index (χ2v) is 6.59. The number of hydrogen-bond acceptors (Lipinski definition) is 5. The number of nitrogens with zero attached hydrogens (tertiary/aromatic N) is 3. The predicted molar refractivity (Wildman–Crippen MR) is 106 cm³/mol. The van der Waals surface area contributed by atoms with Crippen molar-refractivity contribution in [2.75, 3.05) is 17.7 Å². The van der Waals surface area contributed by atoms with Crippen LogP contribution in [0.3, 0.4) is 0 Å². The monoisotopic (exact) mass is 353 g/mol. The first-order valence-electron chi connectivity index (χ1n) is 9.25. The van der Waals surface area contributed by atoms with E-state index in [0.717, 1.165) is 42.7 Å². The Hall–Kier alpha value is -2.60. The maximum Gasteiger partial charge on any atom is 0.222 e. The lowest BCUT2D eigenvalue weighted by atomic mass is 10.1. The summed E-state index contributed by atoms with van der Waals surface area (Å²) in [7, 11) is 0. The Balaban J connectivity index is 1.93. The third-order valence-corrected chi connectivity index (χ3v) is 4.55. The van der Waals surface area contributed by atoms with E-state index >= 15 is 0 Å². The number of anilines is 2. The second kappa shape index (κ2) is 8.67. The molecule has 0 saturated heterocycles. The van der Waals surface area contributed by atoms with Crippen LogP contribution in [-0.4, -0.2) is 32.3 Å². The summed E-state index contributed by atoms with van der Waals surface area (Å²) in [5, 5.41) is 12.9. The van der Waals surface area contributed by atoms with Crippen LogP contribution in [0, 0.1) is 0 Å². The molecule has 2 heterocycles. The number of fused-ring (bicyclic) bond motifs is 1. The predicted octanol–water partition coefficient (Wildman–Crippen LogP) is 3.41. The molecule has 0 aliphatic rings. The molecule has 2 aromatic heterocycles. The van der Waals surface area contributed by atoms with Crippen molar-refractivity contribution in [1.29, 1.82) is 0 Å². The number of nitrogens with two attached hydrogens (primary N) is 1. The Morgan fingerprint density at radius 3 is 2.69 bits per heavy atom. The summed E-state index contributed by atoms with van der Waals surface area (Å²) in [5.41, 5.74) is 8.90. The smallest absolute Gasteiger partial charge is 0.222 e. The first kappa shape index (κ1) is 18.2. The molecular weight excluding hydrogens is 326 g/mol. The SMILES string of the molecule is CCCC[C@@H](CCO)Nc1nc(N)nc2ccn(Cc3ccccc3)c12. The van der Waals surface area contributed by atoms with Gasteiger partial charge in [0.05, 0.1) is 5.52 Å². The van der Waals surface area contributed by atoms with Crippen molar-refractivity contribution in [3.8, 4) is 0 Å². The molecule has 0 bridgehead atoms. The van der Waals surface area contributed by atoms with E-state index in [4.69, 9.17) is 5.73 Å². The lowest BCUT2D eigenvalue weighted by Crippen LogP contribution is -2.22. The average molecular weight is 353 g/mol. The van der Waals surface area contributed by atoms with Crippen LogP contribution in [0.5, 0.6) is 0 Å². The van der Waals surface area contributed by atoms with Gasteiger partial charge in [-0.3, -0.25) is 0 Å².